The van der Waals surface area contributed by atoms with E-state index in [-0.39, 0.29) is 0 Å². The zero-order valence-electron chi connectivity index (χ0n) is 11.8. The molecule has 0 saturated carbocycles. The third-order valence-corrected chi connectivity index (χ3v) is 4.45. The molecule has 0 radical (unpaired) electrons. The second-order valence-corrected chi connectivity index (χ2v) is 5.96. The second kappa shape index (κ2) is 4.43. The minimum atomic E-state index is -3.86. The zero-order chi connectivity index (χ0) is 15.5. The summed E-state index contributed by atoms with van der Waals surface area (Å²) < 4.78 is 31.4. The van der Waals surface area contributed by atoms with Gasteiger partial charge in [0.1, 0.15) is 6.21 Å². The van der Waals surface area contributed by atoms with Crippen molar-refractivity contribution < 1.29 is 13.1 Å². The number of hydrogen-bond acceptors (Lipinski definition) is 0. The van der Waals surface area contributed by atoms with Crippen LogP contribution in [0, 0.1) is 6.92 Å². The lowest BCUT2D eigenvalue weighted by Crippen LogP contribution is -2.49. The lowest BCUT2D eigenvalue weighted by atomic mass is 9.86. The van der Waals surface area contributed by atoms with Crippen molar-refractivity contribution in [3.05, 3.63) is 76.2 Å². The van der Waals surface area contributed by atoms with Gasteiger partial charge < -0.3 is 17.6 Å². The molecule has 6 heteroatoms. The van der Waals surface area contributed by atoms with Gasteiger partial charge in [-0.15, -0.1) is 0 Å². The SMILES string of the molecule is Cc1ccc(C2=C3C=CC=[N+]3[B-](F)(F)n3cccc32)c(Cl)c1. The number of benzene rings is 1. The summed E-state index contributed by atoms with van der Waals surface area (Å²) >= 11 is 6.38. The summed E-state index contributed by atoms with van der Waals surface area (Å²) in [6.07, 6.45) is 6.18. The van der Waals surface area contributed by atoms with E-state index in [0.29, 0.717) is 16.4 Å². The van der Waals surface area contributed by atoms with Crippen molar-refractivity contribution >= 4 is 30.4 Å². The molecule has 0 aliphatic carbocycles. The number of allylic oxidation sites excluding steroid dienone is 2. The first-order valence-corrected chi connectivity index (χ1v) is 7.38. The van der Waals surface area contributed by atoms with Crippen LogP contribution in [-0.4, -0.2) is 22.1 Å². The summed E-state index contributed by atoms with van der Waals surface area (Å²) in [6.45, 7) is -1.91. The number of hydrogen-bond donors (Lipinski definition) is 0. The van der Waals surface area contributed by atoms with E-state index in [9.17, 15) is 8.63 Å². The van der Waals surface area contributed by atoms with E-state index in [1.165, 1.54) is 12.4 Å². The van der Waals surface area contributed by atoms with Crippen LogP contribution in [0.15, 0.2) is 54.4 Å². The first-order valence-electron chi connectivity index (χ1n) is 7.00. The Labute approximate surface area is 131 Å². The molecule has 0 atom stereocenters. The van der Waals surface area contributed by atoms with Crippen LogP contribution in [0.4, 0.5) is 8.63 Å². The predicted molar refractivity (Wildman–Crippen MR) is 85.5 cm³/mol. The Balaban J connectivity index is 2.07. The topological polar surface area (TPSA) is 7.94 Å². The Hall–Kier alpha value is -2.14. The van der Waals surface area contributed by atoms with Gasteiger partial charge in [-0.05, 0) is 36.9 Å². The van der Waals surface area contributed by atoms with Gasteiger partial charge in [0.2, 0.25) is 0 Å². The average molecular weight is 317 g/mol. The summed E-state index contributed by atoms with van der Waals surface area (Å²) in [7, 11) is 0. The summed E-state index contributed by atoms with van der Waals surface area (Å²) in [4.78, 5) is 0. The van der Waals surface area contributed by atoms with Crippen LogP contribution >= 0.6 is 11.6 Å². The lowest BCUT2D eigenvalue weighted by molar-refractivity contribution is -0.356. The fraction of sp³-hybridized carbons (Fsp3) is 0.0625. The predicted octanol–water partition coefficient (Wildman–Crippen LogP) is 4.10. The van der Waals surface area contributed by atoms with Gasteiger partial charge in [0, 0.05) is 28.4 Å². The number of aryl methyl sites for hydroxylation is 1. The number of halogens is 3. The molecule has 0 bridgehead atoms. The molecule has 110 valence electrons. The third-order valence-electron chi connectivity index (χ3n) is 4.13. The second-order valence-electron chi connectivity index (χ2n) is 5.55. The summed E-state index contributed by atoms with van der Waals surface area (Å²) in [6, 6.07) is 9.02. The van der Waals surface area contributed by atoms with Crippen LogP contribution < -0.4 is 0 Å². The molecule has 0 N–H and O–H groups in total. The molecule has 3 heterocycles. The van der Waals surface area contributed by atoms with Crippen molar-refractivity contribution in [2.45, 2.75) is 6.92 Å². The van der Waals surface area contributed by atoms with Crippen molar-refractivity contribution in [2.75, 3.05) is 0 Å². The van der Waals surface area contributed by atoms with Crippen molar-refractivity contribution in [3.8, 4) is 0 Å². The fourth-order valence-electron chi connectivity index (χ4n) is 3.12. The van der Waals surface area contributed by atoms with Crippen LogP contribution in [0.25, 0.3) is 5.57 Å². The van der Waals surface area contributed by atoms with Gasteiger partial charge >= 0.3 is 6.97 Å². The van der Waals surface area contributed by atoms with Crippen molar-refractivity contribution in [1.29, 1.82) is 0 Å². The van der Waals surface area contributed by atoms with Crippen LogP contribution in [0.2, 0.25) is 5.02 Å². The normalized spacial score (nSPS) is 18.3. The molecule has 0 amide bonds. The molecule has 22 heavy (non-hydrogen) atoms. The highest BCUT2D eigenvalue weighted by atomic mass is 35.5. The van der Waals surface area contributed by atoms with E-state index in [0.717, 1.165) is 25.7 Å². The largest absolute Gasteiger partial charge is 0.737 e. The van der Waals surface area contributed by atoms with Crippen LogP contribution in [-0.2, 0) is 0 Å². The standard InChI is InChI=1S/C16H12BClF2N2/c1-11-6-7-12(13(18)10-11)16-14-4-2-8-21(14)17(19,20)22-9-3-5-15(16)22/h2-10H,1H3. The highest BCUT2D eigenvalue weighted by molar-refractivity contribution is 6.57. The van der Waals surface area contributed by atoms with Crippen LogP contribution in [0.3, 0.4) is 0 Å². The Bertz CT molecular complexity index is 893. The van der Waals surface area contributed by atoms with Gasteiger partial charge in [-0.3, -0.25) is 0 Å². The van der Waals surface area contributed by atoms with Crippen molar-refractivity contribution in [2.24, 2.45) is 0 Å². The molecule has 2 nitrogen and oxygen atoms in total. The molecule has 2 aromatic rings. The Morgan fingerprint density at radius 2 is 2.05 bits per heavy atom. The van der Waals surface area contributed by atoms with Crippen LogP contribution in [0.5, 0.6) is 0 Å². The van der Waals surface area contributed by atoms with Gasteiger partial charge in [0.15, 0.2) is 5.70 Å². The van der Waals surface area contributed by atoms with E-state index in [4.69, 9.17) is 11.6 Å². The number of nitrogens with zero attached hydrogens (tertiary/aromatic N) is 2. The smallest absolute Gasteiger partial charge is 0.396 e. The highest BCUT2D eigenvalue weighted by Gasteiger charge is 2.51. The Kier molecular flexibility index (Phi) is 2.72. The first-order chi connectivity index (χ1) is 10.5. The maximum absolute atomic E-state index is 14.7. The molecule has 0 saturated heterocycles. The minimum Gasteiger partial charge on any atom is -0.396 e. The molecule has 0 fully saturated rings. The molecule has 4 rings (SSSR count). The molecule has 1 aromatic heterocycles. The van der Waals surface area contributed by atoms with Crippen molar-refractivity contribution in [3.63, 3.8) is 0 Å². The van der Waals surface area contributed by atoms with Gasteiger partial charge in [0.25, 0.3) is 0 Å². The summed E-state index contributed by atoms with van der Waals surface area (Å²) in [5.41, 5.74) is 3.50. The van der Waals surface area contributed by atoms with Gasteiger partial charge in [0.05, 0.1) is 5.57 Å². The number of fused-ring (bicyclic) bond motifs is 2. The van der Waals surface area contributed by atoms with E-state index in [1.807, 2.05) is 25.1 Å². The van der Waals surface area contributed by atoms with E-state index in [2.05, 4.69) is 0 Å². The van der Waals surface area contributed by atoms with Gasteiger partial charge in [-0.25, -0.2) is 0 Å². The Morgan fingerprint density at radius 1 is 1.23 bits per heavy atom. The summed E-state index contributed by atoms with van der Waals surface area (Å²) in [5, 5.41) is 0.563. The molecular formula is C16H12BClF2N2. The molecule has 1 aromatic carbocycles. The molecule has 2 aliphatic rings. The minimum absolute atomic E-state index is 0.488. The first kappa shape index (κ1) is 13.5. The molecule has 2 aliphatic heterocycles. The van der Waals surface area contributed by atoms with Gasteiger partial charge in [-0.2, -0.15) is 0 Å². The number of aromatic nitrogens is 1. The zero-order valence-corrected chi connectivity index (χ0v) is 12.6. The van der Waals surface area contributed by atoms with Crippen molar-refractivity contribution in [1.82, 2.24) is 4.48 Å². The average Bonchev–Trinajstić information content (AvgIpc) is 3.11. The molecule has 0 spiro atoms. The third kappa shape index (κ3) is 1.69. The fourth-order valence-corrected chi connectivity index (χ4v) is 3.45. The molecule has 0 unspecified atom stereocenters. The van der Waals surface area contributed by atoms with E-state index < -0.39 is 6.97 Å². The van der Waals surface area contributed by atoms with E-state index >= 15 is 0 Å². The van der Waals surface area contributed by atoms with Crippen LogP contribution in [0.1, 0.15) is 16.8 Å². The number of rotatable bonds is 1. The van der Waals surface area contributed by atoms with E-state index in [1.54, 1.807) is 24.3 Å². The monoisotopic (exact) mass is 316 g/mol. The van der Waals surface area contributed by atoms with Gasteiger partial charge in [-0.1, -0.05) is 23.7 Å². The maximum atomic E-state index is 14.7. The highest BCUT2D eigenvalue weighted by Crippen LogP contribution is 2.40. The quantitative estimate of drug-likeness (QED) is 0.700. The Morgan fingerprint density at radius 3 is 2.82 bits per heavy atom. The lowest BCUT2D eigenvalue weighted by Gasteiger charge is -2.31. The summed E-state index contributed by atoms with van der Waals surface area (Å²) in [5.74, 6) is 0. The maximum Gasteiger partial charge on any atom is 0.737 e. The molecular weight excluding hydrogens is 304 g/mol.